The number of ketones is 1. The minimum absolute atomic E-state index is 0.0304. The molecule has 17 nitrogen and oxygen atoms in total. The Balaban J connectivity index is 0.740. The van der Waals surface area contributed by atoms with Crippen LogP contribution >= 0.6 is 11.3 Å². The van der Waals surface area contributed by atoms with Crippen molar-refractivity contribution < 1.29 is 47.6 Å². The number of aromatic nitrogens is 3. The van der Waals surface area contributed by atoms with Gasteiger partial charge in [0, 0.05) is 70.6 Å². The predicted octanol–water partition coefficient (Wildman–Crippen LogP) is 5.31. The van der Waals surface area contributed by atoms with Crippen LogP contribution in [-0.2, 0) is 41.7 Å². The Labute approximate surface area is 395 Å². The lowest BCUT2D eigenvalue weighted by Crippen LogP contribution is -2.50. The monoisotopic (exact) mass is 941 g/mol. The second-order valence-corrected chi connectivity index (χ2v) is 18.8. The molecule has 2 aliphatic rings. The normalized spacial score (nSPS) is 17.2. The molecule has 5 aromatic rings. The number of rotatable bonds is 23. The van der Waals surface area contributed by atoms with Gasteiger partial charge in [0.25, 0.3) is 6.01 Å². The lowest BCUT2D eigenvalue weighted by molar-refractivity contribution is -0.146. The van der Waals surface area contributed by atoms with E-state index < -0.39 is 23.5 Å². The number of ether oxygens (including phenoxy) is 5. The molecule has 0 bridgehead atoms. The number of thiazole rings is 1. The molecule has 2 amide bonds. The summed E-state index contributed by atoms with van der Waals surface area (Å²) < 4.78 is 34.3. The first-order valence-corrected chi connectivity index (χ1v) is 23.7. The van der Waals surface area contributed by atoms with Crippen molar-refractivity contribution in [3.05, 3.63) is 83.3 Å². The molecule has 3 atom stereocenters. The van der Waals surface area contributed by atoms with Crippen molar-refractivity contribution in [1.29, 1.82) is 0 Å². The highest BCUT2D eigenvalue weighted by Crippen LogP contribution is 2.34. The first-order valence-electron chi connectivity index (χ1n) is 22.8. The molecule has 2 aliphatic heterocycles. The minimum Gasteiger partial charge on any atom is -0.495 e. The van der Waals surface area contributed by atoms with E-state index in [9.17, 15) is 19.5 Å². The molecule has 7 rings (SSSR count). The van der Waals surface area contributed by atoms with Gasteiger partial charge in [-0.05, 0) is 47.7 Å². The summed E-state index contributed by atoms with van der Waals surface area (Å²) in [5, 5.41) is 13.5. The van der Waals surface area contributed by atoms with Crippen LogP contribution < -0.4 is 19.7 Å². The van der Waals surface area contributed by atoms with Gasteiger partial charge in [0.1, 0.15) is 36.3 Å². The van der Waals surface area contributed by atoms with Crippen molar-refractivity contribution in [1.82, 2.24) is 30.1 Å². The van der Waals surface area contributed by atoms with Crippen LogP contribution in [0.25, 0.3) is 21.5 Å². The Hall–Kier alpha value is -5.50. The summed E-state index contributed by atoms with van der Waals surface area (Å²) in [7, 11) is 1.61. The molecule has 2 saturated heterocycles. The molecule has 18 heteroatoms. The average Bonchev–Trinajstić information content (AvgIpc) is 4.07. The van der Waals surface area contributed by atoms with Gasteiger partial charge >= 0.3 is 0 Å². The smallest absolute Gasteiger partial charge is 0.298 e. The molecule has 2 fully saturated rings. The largest absolute Gasteiger partial charge is 0.495 e. The number of anilines is 1. The number of pyridine rings is 1. The van der Waals surface area contributed by atoms with Gasteiger partial charge in [-0.25, -0.2) is 4.98 Å². The standard InChI is InChI=1S/C49H63N7O10S/c1-33-45(67-32-52-33)35-8-6-34(7-9-35)27-51-46(59)43-25-37(57)29-56(43)47(60)41(49(2,3)4)24-38(58)31-64-23-22-63-21-20-62-19-18-54-14-16-55(17-15-54)48-53-42-26-39(12-13-44(42)66-48)65-30-36-10-11-40(61-5)28-50-36/h6-13,26,28,32,37,41,43,57H,14-25,27,29-31H2,1-5H3,(H,51,59)/t37-,41-,43+/m1/s1. The number of benzene rings is 2. The van der Waals surface area contributed by atoms with Crippen LogP contribution in [0.3, 0.4) is 0 Å². The van der Waals surface area contributed by atoms with E-state index in [0.717, 1.165) is 65.6 Å². The van der Waals surface area contributed by atoms with Gasteiger partial charge in [0.2, 0.25) is 11.8 Å². The van der Waals surface area contributed by atoms with Crippen LogP contribution in [0.1, 0.15) is 50.6 Å². The van der Waals surface area contributed by atoms with E-state index in [1.54, 1.807) is 24.6 Å². The number of hydrogen-bond acceptors (Lipinski definition) is 16. The molecule has 5 heterocycles. The van der Waals surface area contributed by atoms with E-state index in [-0.39, 0.29) is 56.7 Å². The van der Waals surface area contributed by atoms with Gasteiger partial charge < -0.3 is 48.3 Å². The van der Waals surface area contributed by atoms with Crippen LogP contribution in [0.15, 0.2) is 70.7 Å². The maximum Gasteiger partial charge on any atom is 0.298 e. The second-order valence-electron chi connectivity index (χ2n) is 17.9. The molecule has 0 unspecified atom stereocenters. The van der Waals surface area contributed by atoms with E-state index in [1.807, 2.05) is 87.8 Å². The summed E-state index contributed by atoms with van der Waals surface area (Å²) in [6, 6.07) is 17.0. The summed E-state index contributed by atoms with van der Waals surface area (Å²) >= 11 is 1.58. The number of carbonyl (C=O) groups excluding carboxylic acids is 3. The van der Waals surface area contributed by atoms with Gasteiger partial charge in [-0.3, -0.25) is 24.3 Å². The zero-order valence-corrected chi connectivity index (χ0v) is 39.9. The molecule has 0 radical (unpaired) electrons. The summed E-state index contributed by atoms with van der Waals surface area (Å²) in [5.74, 6) is -0.200. The number of aryl methyl sites for hydroxylation is 1. The van der Waals surface area contributed by atoms with Crippen LogP contribution in [0, 0.1) is 18.3 Å². The number of Topliss-reactive ketones (excluding diaryl/α,β-unsaturated/α-hetero) is 1. The molecular formula is C49H63N7O10S. The minimum atomic E-state index is -0.838. The first kappa shape index (κ1) is 49.4. The number of piperazine rings is 1. The molecule has 0 saturated carbocycles. The van der Waals surface area contributed by atoms with Crippen LogP contribution in [0.5, 0.6) is 11.5 Å². The number of aliphatic hydroxyl groups excluding tert-OH is 1. The molecule has 360 valence electrons. The Morgan fingerprint density at radius 1 is 0.925 bits per heavy atom. The number of amides is 2. The highest BCUT2D eigenvalue weighted by molar-refractivity contribution is 7.13. The predicted molar refractivity (Wildman–Crippen MR) is 253 cm³/mol. The van der Waals surface area contributed by atoms with Gasteiger partial charge in [-0.1, -0.05) is 45.0 Å². The fourth-order valence-electron chi connectivity index (χ4n) is 8.09. The SMILES string of the molecule is COc1ccc(COc2ccc3oc(N4CCN(CCOCCOCCOCC(=O)C[C@H](C(=O)N5C[C@H](O)C[C@H]5C(=O)NCc5ccc(-c6scnc6C)cc5)C(C)(C)C)CC4)nc3c2)nc1. The Morgan fingerprint density at radius 2 is 1.66 bits per heavy atom. The Morgan fingerprint density at radius 3 is 2.34 bits per heavy atom. The van der Waals surface area contributed by atoms with Crippen LogP contribution in [-0.4, -0.2) is 146 Å². The van der Waals surface area contributed by atoms with E-state index in [0.29, 0.717) is 56.1 Å². The number of methoxy groups -OCH3 is 1. The molecule has 67 heavy (non-hydrogen) atoms. The molecular weight excluding hydrogens is 879 g/mol. The molecule has 2 aromatic carbocycles. The Kier molecular flexibility index (Phi) is 17.3. The molecule has 0 aliphatic carbocycles. The summed E-state index contributed by atoms with van der Waals surface area (Å²) in [6.45, 7) is 14.1. The van der Waals surface area contributed by atoms with E-state index in [4.69, 9.17) is 33.1 Å². The van der Waals surface area contributed by atoms with Crippen molar-refractivity contribution in [2.24, 2.45) is 11.3 Å². The quantitative estimate of drug-likeness (QED) is 0.0801. The third kappa shape index (κ3) is 13.8. The van der Waals surface area contributed by atoms with Gasteiger partial charge in [0.05, 0.1) is 74.2 Å². The van der Waals surface area contributed by atoms with Crippen molar-refractivity contribution in [3.63, 3.8) is 0 Å². The zero-order chi connectivity index (χ0) is 47.3. The first-order chi connectivity index (χ1) is 32.3. The van der Waals surface area contributed by atoms with Crippen molar-refractivity contribution in [2.75, 3.05) is 90.9 Å². The second kappa shape index (κ2) is 23.5. The van der Waals surface area contributed by atoms with Crippen molar-refractivity contribution >= 4 is 46.0 Å². The van der Waals surface area contributed by atoms with E-state index in [1.165, 1.54) is 4.90 Å². The number of nitrogens with one attached hydrogen (secondary N) is 1. The summed E-state index contributed by atoms with van der Waals surface area (Å²) in [5.41, 5.74) is 6.42. The number of nitrogens with zero attached hydrogens (tertiary/aromatic N) is 6. The average molecular weight is 942 g/mol. The molecule has 0 spiro atoms. The molecule has 2 N–H and O–H groups in total. The highest BCUT2D eigenvalue weighted by Gasteiger charge is 2.44. The topological polar surface area (TPSA) is 191 Å². The maximum atomic E-state index is 14.0. The maximum absolute atomic E-state index is 14.0. The lowest BCUT2D eigenvalue weighted by Gasteiger charge is -2.34. The summed E-state index contributed by atoms with van der Waals surface area (Å²) in [4.78, 5) is 61.0. The fourth-order valence-corrected chi connectivity index (χ4v) is 8.90. The van der Waals surface area contributed by atoms with E-state index in [2.05, 4.69) is 25.1 Å². The highest BCUT2D eigenvalue weighted by atomic mass is 32.1. The Bertz CT molecular complexity index is 2380. The third-order valence-corrected chi connectivity index (χ3v) is 13.0. The number of aliphatic hydroxyl groups is 1. The van der Waals surface area contributed by atoms with Crippen molar-refractivity contribution in [2.45, 2.75) is 65.8 Å². The van der Waals surface area contributed by atoms with Crippen LogP contribution in [0.2, 0.25) is 0 Å². The number of β-amino-alcohol motifs (C(OH)–C–C–N with tert-alkyl or cyclic N) is 1. The van der Waals surface area contributed by atoms with Gasteiger partial charge in [-0.2, -0.15) is 4.98 Å². The number of oxazole rings is 1. The van der Waals surface area contributed by atoms with Gasteiger partial charge in [0.15, 0.2) is 11.4 Å². The van der Waals surface area contributed by atoms with Gasteiger partial charge in [-0.15, -0.1) is 11.3 Å². The van der Waals surface area contributed by atoms with Crippen LogP contribution in [0.4, 0.5) is 6.01 Å². The summed E-state index contributed by atoms with van der Waals surface area (Å²) in [6.07, 6.45) is 0.915. The molecule has 3 aromatic heterocycles. The number of hydrogen-bond donors (Lipinski definition) is 2. The number of fused-ring (bicyclic) bond motifs is 1. The van der Waals surface area contributed by atoms with E-state index >= 15 is 0 Å². The zero-order valence-electron chi connectivity index (χ0n) is 39.1. The van der Waals surface area contributed by atoms with Crippen molar-refractivity contribution in [3.8, 4) is 21.9 Å². The number of carbonyl (C=O) groups is 3. The third-order valence-electron chi connectivity index (χ3n) is 12.0. The number of likely N-dealkylation sites (tertiary alicyclic amines) is 1. The fraction of sp³-hybridized carbons (Fsp3) is 0.510. The lowest BCUT2D eigenvalue weighted by atomic mass is 9.77.